The number of hydrogen-bond acceptors (Lipinski definition) is 7. The van der Waals surface area contributed by atoms with Crippen LogP contribution < -0.4 is 0 Å². The van der Waals surface area contributed by atoms with E-state index >= 15 is 0 Å². The highest BCUT2D eigenvalue weighted by Crippen LogP contribution is 2.65. The Labute approximate surface area is 371 Å². The van der Waals surface area contributed by atoms with Crippen molar-refractivity contribution in [2.75, 3.05) is 106 Å². The van der Waals surface area contributed by atoms with E-state index in [9.17, 15) is 0 Å². The second-order valence-electron chi connectivity index (χ2n) is 27.0. The molecule has 7 heterocycles. The smallest absolute Gasteiger partial charge is 0.0645 e. The molecule has 7 saturated heterocycles. The highest BCUT2D eigenvalue weighted by atomic mass is 16.5. The third-order valence-corrected chi connectivity index (χ3v) is 19.9. The molecule has 12 aliphatic rings. The van der Waals surface area contributed by atoms with Crippen molar-refractivity contribution in [3.05, 3.63) is 0 Å². The highest BCUT2D eigenvalue weighted by Gasteiger charge is 2.64. The maximum absolute atomic E-state index is 5.25. The molecule has 10 unspecified atom stereocenters. The molecule has 0 aromatic carbocycles. The Morgan fingerprint density at radius 1 is 0.450 bits per heavy atom. The van der Waals surface area contributed by atoms with Crippen LogP contribution in [0, 0.1) is 98.1 Å². The molecule has 346 valence electrons. The summed E-state index contributed by atoms with van der Waals surface area (Å²) in [4.78, 5) is 12.9. The van der Waals surface area contributed by atoms with E-state index in [1.807, 2.05) is 0 Å². The average molecular weight is 836 g/mol. The lowest BCUT2D eigenvalue weighted by atomic mass is 9.87. The van der Waals surface area contributed by atoms with Crippen LogP contribution in [-0.2, 0) is 9.47 Å². The first-order chi connectivity index (χ1) is 28.0. The summed E-state index contributed by atoms with van der Waals surface area (Å²) in [7, 11) is 4.49. The van der Waals surface area contributed by atoms with E-state index in [2.05, 4.69) is 136 Å². The lowest BCUT2D eigenvalue weighted by Crippen LogP contribution is -2.49. The van der Waals surface area contributed by atoms with Gasteiger partial charge in [-0.2, -0.15) is 0 Å². The highest BCUT2D eigenvalue weighted by molar-refractivity contribution is 5.15. The topological polar surface area (TPSA) is 34.7 Å². The molecule has 7 nitrogen and oxygen atoms in total. The summed E-state index contributed by atoms with van der Waals surface area (Å²) < 4.78 is 10.5. The van der Waals surface area contributed by atoms with Crippen LogP contribution in [0.1, 0.15) is 116 Å². The zero-order chi connectivity index (χ0) is 43.5. The Balaban J connectivity index is 0.000000104. The molecule has 0 bridgehead atoms. The van der Waals surface area contributed by atoms with E-state index in [0.29, 0.717) is 10.8 Å². The van der Waals surface area contributed by atoms with Gasteiger partial charge < -0.3 is 24.2 Å². The minimum atomic E-state index is 0.539. The average Bonchev–Trinajstić information content (AvgIpc) is 4.09. The summed E-state index contributed by atoms with van der Waals surface area (Å²) >= 11 is 0. The van der Waals surface area contributed by atoms with Crippen molar-refractivity contribution in [3.8, 4) is 0 Å². The molecular formula is C53H97N5O2. The minimum Gasteiger partial charge on any atom is -0.378 e. The van der Waals surface area contributed by atoms with Gasteiger partial charge in [-0.1, -0.05) is 83.1 Å². The van der Waals surface area contributed by atoms with Gasteiger partial charge in [0.25, 0.3) is 0 Å². The monoisotopic (exact) mass is 836 g/mol. The van der Waals surface area contributed by atoms with Gasteiger partial charge in [-0.05, 0) is 145 Å². The third kappa shape index (κ3) is 8.99. The third-order valence-electron chi connectivity index (χ3n) is 19.9. The van der Waals surface area contributed by atoms with Gasteiger partial charge in [0, 0.05) is 71.5 Å². The minimum absolute atomic E-state index is 0.539. The van der Waals surface area contributed by atoms with E-state index < -0.39 is 0 Å². The first-order valence-electron chi connectivity index (χ1n) is 25.8. The van der Waals surface area contributed by atoms with Crippen molar-refractivity contribution in [2.45, 2.75) is 134 Å². The molecule has 7 heteroatoms. The van der Waals surface area contributed by atoms with E-state index in [1.165, 1.54) is 84.7 Å². The summed E-state index contributed by atoms with van der Waals surface area (Å²) in [5.41, 5.74) is 3.32. The summed E-state index contributed by atoms with van der Waals surface area (Å²) in [6.45, 7) is 50.8. The van der Waals surface area contributed by atoms with Crippen LogP contribution in [-0.4, -0.2) is 149 Å². The maximum atomic E-state index is 5.25. The predicted octanol–water partition coefficient (Wildman–Crippen LogP) is 8.78. The van der Waals surface area contributed by atoms with Crippen LogP contribution in [0.4, 0.5) is 0 Å². The number of hydrogen-bond donors (Lipinski definition) is 0. The summed E-state index contributed by atoms with van der Waals surface area (Å²) in [5, 5.41) is 0. The number of nitrogens with zero attached hydrogens (tertiary/aromatic N) is 5. The summed E-state index contributed by atoms with van der Waals surface area (Å²) in [6.07, 6.45) is 4.51. The number of fused-ring (bicyclic) bond motifs is 5. The molecule has 0 spiro atoms. The summed E-state index contributed by atoms with van der Waals surface area (Å²) in [5.74, 6) is 11.9. The van der Waals surface area contributed by atoms with Crippen LogP contribution in [0.25, 0.3) is 0 Å². The molecule has 0 aromatic rings. The Kier molecular flexibility index (Phi) is 12.8. The van der Waals surface area contributed by atoms with Crippen molar-refractivity contribution in [3.63, 3.8) is 0 Å². The molecule has 10 atom stereocenters. The van der Waals surface area contributed by atoms with Gasteiger partial charge in [0.2, 0.25) is 0 Å². The van der Waals surface area contributed by atoms with Gasteiger partial charge in [-0.3, -0.25) is 9.80 Å². The Morgan fingerprint density at radius 3 is 1.17 bits per heavy atom. The van der Waals surface area contributed by atoms with Gasteiger partial charge in [-0.15, -0.1) is 0 Å². The SMILES string of the molecule is CC(C)(C)C1C2CN(C3COC3)CC21.CC(C)C12CC1CN(C)C2.CC(C)C12CC1CN(C1COC1)C2.CC(C)N1CC2CC2(C(C)C)C1.CN1CC2C(C1)C2C(C)(C)C. The molecule has 5 aliphatic carbocycles. The lowest BCUT2D eigenvalue weighted by Gasteiger charge is -2.36. The predicted molar refractivity (Wildman–Crippen MR) is 250 cm³/mol. The largest absolute Gasteiger partial charge is 0.378 e. The van der Waals surface area contributed by atoms with E-state index in [4.69, 9.17) is 9.47 Å². The van der Waals surface area contributed by atoms with E-state index in [0.717, 1.165) is 132 Å². The van der Waals surface area contributed by atoms with Crippen LogP contribution in [0.3, 0.4) is 0 Å². The lowest BCUT2D eigenvalue weighted by molar-refractivity contribution is -0.0632. The van der Waals surface area contributed by atoms with Crippen molar-refractivity contribution in [1.29, 1.82) is 0 Å². The fraction of sp³-hybridized carbons (Fsp3) is 1.00. The molecule has 5 saturated carbocycles. The fourth-order valence-electron chi connectivity index (χ4n) is 15.3. The standard InChI is InChI=1S/C12H21NO.C11H19NO.C11H21N.C10H19N.C9H17N/c1-12(2,3)11-9-4-13(5-10(9)11)8-6-14-7-8;1-8(2)11-3-9(11)4-12(7-11)10-5-13-6-10;1-8(2)11-5-10(11)6-12(7-11)9(3)4;1-10(2,3)9-7-5-11(4)6-8(7)9;1-7(2)9-4-8(9)5-10(3)6-9/h8-11H,4-7H2,1-3H3;8-10H,3-7H2,1-2H3;8-10H,5-7H2,1-4H3;7-9H,5-6H2,1-4H3;7-8H,4-6H2,1-3H3. The number of likely N-dealkylation sites (tertiary alicyclic amines) is 5. The molecule has 0 N–H and O–H groups in total. The maximum Gasteiger partial charge on any atom is 0.0645 e. The quantitative estimate of drug-likeness (QED) is 0.265. The van der Waals surface area contributed by atoms with Gasteiger partial charge in [0.1, 0.15) is 0 Å². The molecular weight excluding hydrogens is 739 g/mol. The van der Waals surface area contributed by atoms with Crippen molar-refractivity contribution >= 4 is 0 Å². The van der Waals surface area contributed by atoms with Gasteiger partial charge in [0.15, 0.2) is 0 Å². The van der Waals surface area contributed by atoms with Gasteiger partial charge in [0.05, 0.1) is 38.5 Å². The molecule has 60 heavy (non-hydrogen) atoms. The normalized spacial score (nSPS) is 43.9. The Hall–Kier alpha value is -0.280. The fourth-order valence-corrected chi connectivity index (χ4v) is 15.3. The van der Waals surface area contributed by atoms with Crippen LogP contribution >= 0.6 is 0 Å². The van der Waals surface area contributed by atoms with Gasteiger partial charge in [-0.25, -0.2) is 0 Å². The summed E-state index contributed by atoms with van der Waals surface area (Å²) in [6, 6.07) is 2.29. The Morgan fingerprint density at radius 2 is 0.850 bits per heavy atom. The Bertz CT molecular complexity index is 1450. The second-order valence-corrected chi connectivity index (χ2v) is 27.0. The zero-order valence-corrected chi connectivity index (χ0v) is 42.2. The van der Waals surface area contributed by atoms with E-state index in [-0.39, 0.29) is 0 Å². The van der Waals surface area contributed by atoms with Gasteiger partial charge >= 0.3 is 0 Å². The van der Waals surface area contributed by atoms with Crippen LogP contribution in [0.2, 0.25) is 0 Å². The van der Waals surface area contributed by atoms with Crippen molar-refractivity contribution in [1.82, 2.24) is 24.5 Å². The second kappa shape index (κ2) is 16.6. The number of rotatable bonds is 6. The number of piperidine rings is 5. The zero-order valence-electron chi connectivity index (χ0n) is 42.2. The molecule has 0 aromatic heterocycles. The van der Waals surface area contributed by atoms with Crippen molar-refractivity contribution < 1.29 is 9.47 Å². The van der Waals surface area contributed by atoms with Crippen LogP contribution in [0.5, 0.6) is 0 Å². The van der Waals surface area contributed by atoms with E-state index in [1.54, 1.807) is 0 Å². The van der Waals surface area contributed by atoms with Crippen LogP contribution in [0.15, 0.2) is 0 Å². The molecule has 12 rings (SSSR count). The molecule has 7 aliphatic heterocycles. The first-order valence-corrected chi connectivity index (χ1v) is 25.8. The van der Waals surface area contributed by atoms with Crippen molar-refractivity contribution in [2.24, 2.45) is 98.1 Å². The first kappa shape index (κ1) is 46.3. The molecule has 0 amide bonds. The molecule has 0 radical (unpaired) electrons. The number of ether oxygens (including phenoxy) is 2. The molecule has 12 fully saturated rings.